The second-order valence-corrected chi connectivity index (χ2v) is 12.0. The molecule has 1 aliphatic rings. The lowest BCUT2D eigenvalue weighted by Gasteiger charge is -2.46. The number of carbonyl (C=O) groups excluding carboxylic acids is 1. The van der Waals surface area contributed by atoms with E-state index in [1.165, 1.54) is 0 Å². The van der Waals surface area contributed by atoms with Crippen molar-refractivity contribution in [1.82, 2.24) is 0 Å². The molecule has 1 fully saturated rings. The summed E-state index contributed by atoms with van der Waals surface area (Å²) in [6.07, 6.45) is -2.73. The molecular weight excluding hydrogens is 600 g/mol. The van der Waals surface area contributed by atoms with Crippen molar-refractivity contribution in [2.75, 3.05) is 6.61 Å². The summed E-state index contributed by atoms with van der Waals surface area (Å²) in [6.45, 7) is 1.70. The van der Waals surface area contributed by atoms with Gasteiger partial charge in [0.1, 0.15) is 24.4 Å². The zero-order valence-corrected chi connectivity index (χ0v) is 27.0. The molecule has 0 aliphatic carbocycles. The lowest BCUT2D eigenvalue weighted by Crippen LogP contribution is -2.61. The number of benzene rings is 5. The summed E-state index contributed by atoms with van der Waals surface area (Å²) >= 11 is 0. The van der Waals surface area contributed by atoms with Crippen LogP contribution in [0.5, 0.6) is 0 Å². The second-order valence-electron chi connectivity index (χ2n) is 12.0. The molecule has 6 nitrogen and oxygen atoms in total. The van der Waals surface area contributed by atoms with Gasteiger partial charge in [-0.2, -0.15) is 0 Å². The first-order valence-electron chi connectivity index (χ1n) is 16.5. The summed E-state index contributed by atoms with van der Waals surface area (Å²) in [6, 6.07) is 49.5. The molecule has 0 unspecified atom stereocenters. The average Bonchev–Trinajstić information content (AvgIpc) is 3.15. The predicted molar refractivity (Wildman–Crippen MR) is 185 cm³/mol. The Morgan fingerprint density at radius 3 is 1.29 bits per heavy atom. The second kappa shape index (κ2) is 17.6. The summed E-state index contributed by atoms with van der Waals surface area (Å²) in [7, 11) is 0. The van der Waals surface area contributed by atoms with Gasteiger partial charge in [0.2, 0.25) is 0 Å². The van der Waals surface area contributed by atoms with Gasteiger partial charge in [-0.15, -0.1) is 0 Å². The first-order valence-corrected chi connectivity index (χ1v) is 16.5. The Morgan fingerprint density at radius 2 is 0.833 bits per heavy atom. The van der Waals surface area contributed by atoms with E-state index in [9.17, 15) is 4.79 Å². The molecular formula is C42H42O6. The molecule has 0 saturated carbocycles. The molecule has 1 aliphatic heterocycles. The van der Waals surface area contributed by atoms with Gasteiger partial charge in [0.05, 0.1) is 39.1 Å². The molecule has 0 radical (unpaired) electrons. The van der Waals surface area contributed by atoms with E-state index in [0.29, 0.717) is 32.0 Å². The highest BCUT2D eigenvalue weighted by Crippen LogP contribution is 2.33. The van der Waals surface area contributed by atoms with Gasteiger partial charge >= 0.3 is 0 Å². The molecule has 48 heavy (non-hydrogen) atoms. The van der Waals surface area contributed by atoms with E-state index in [4.69, 9.17) is 23.7 Å². The van der Waals surface area contributed by atoms with Crippen LogP contribution in [0.2, 0.25) is 0 Å². The van der Waals surface area contributed by atoms with E-state index in [1.54, 1.807) is 0 Å². The maximum absolute atomic E-state index is 13.7. The minimum atomic E-state index is -0.607. The molecule has 0 amide bonds. The first kappa shape index (κ1) is 33.5. The van der Waals surface area contributed by atoms with Crippen LogP contribution in [-0.2, 0) is 50.1 Å². The van der Waals surface area contributed by atoms with Crippen LogP contribution in [0.3, 0.4) is 0 Å². The Hall–Kier alpha value is -4.43. The third-order valence-corrected chi connectivity index (χ3v) is 8.46. The molecule has 5 aromatic rings. The Kier molecular flexibility index (Phi) is 12.3. The normalized spacial score (nSPS) is 20.7. The Bertz CT molecular complexity index is 1630. The number of hydrogen-bond donors (Lipinski definition) is 0. The molecule has 0 N–H and O–H groups in total. The third-order valence-electron chi connectivity index (χ3n) is 8.46. The van der Waals surface area contributed by atoms with E-state index in [2.05, 4.69) is 0 Å². The van der Waals surface area contributed by atoms with Crippen molar-refractivity contribution in [1.29, 1.82) is 0 Å². The maximum Gasteiger partial charge on any atom is 0.165 e. The van der Waals surface area contributed by atoms with Crippen LogP contribution in [0.4, 0.5) is 0 Å². The van der Waals surface area contributed by atoms with Crippen molar-refractivity contribution in [3.8, 4) is 0 Å². The molecule has 0 spiro atoms. The van der Waals surface area contributed by atoms with Crippen LogP contribution in [0.15, 0.2) is 152 Å². The minimum Gasteiger partial charge on any atom is -0.374 e. The first-order chi connectivity index (χ1) is 23.7. The number of hydrogen-bond acceptors (Lipinski definition) is 6. The molecule has 6 rings (SSSR count). The molecule has 0 aromatic heterocycles. The maximum atomic E-state index is 13.7. The van der Waals surface area contributed by atoms with Crippen LogP contribution in [0.1, 0.15) is 39.0 Å². The highest BCUT2D eigenvalue weighted by atomic mass is 16.6. The lowest BCUT2D eigenvalue weighted by molar-refractivity contribution is -0.271. The standard InChI is InChI=1S/C42H42O6/c43-37(36-24-14-5-15-25-36)26-38-40(45-28-33-18-8-2-9-19-33)42(47-30-35-22-12-4-13-23-35)41(46-29-34-20-10-3-11-21-34)39(48-38)31-44-27-32-16-6-1-7-17-32/h1-25,38-42H,26-31H2/t38-,39-,40+,41+,42-/m1/s1. The zero-order chi connectivity index (χ0) is 32.8. The van der Waals surface area contributed by atoms with Gasteiger partial charge in [-0.1, -0.05) is 152 Å². The van der Waals surface area contributed by atoms with Gasteiger partial charge in [0, 0.05) is 12.0 Å². The predicted octanol–water partition coefficient (Wildman–Crippen LogP) is 8.00. The Labute approximate surface area is 283 Å². The quantitative estimate of drug-likeness (QED) is 0.102. The topological polar surface area (TPSA) is 63.2 Å². The molecule has 6 heteroatoms. The van der Waals surface area contributed by atoms with Crippen molar-refractivity contribution in [3.05, 3.63) is 179 Å². The third kappa shape index (κ3) is 9.57. The highest BCUT2D eigenvalue weighted by Gasteiger charge is 2.49. The van der Waals surface area contributed by atoms with Gasteiger partial charge in [0.15, 0.2) is 5.78 Å². The van der Waals surface area contributed by atoms with Gasteiger partial charge in [-0.05, 0) is 22.3 Å². The fourth-order valence-corrected chi connectivity index (χ4v) is 5.97. The van der Waals surface area contributed by atoms with Crippen LogP contribution < -0.4 is 0 Å². The molecule has 1 heterocycles. The molecule has 5 atom stereocenters. The zero-order valence-electron chi connectivity index (χ0n) is 27.0. The van der Waals surface area contributed by atoms with Crippen molar-refractivity contribution in [2.24, 2.45) is 0 Å². The number of ketones is 1. The van der Waals surface area contributed by atoms with E-state index >= 15 is 0 Å². The van der Waals surface area contributed by atoms with Gasteiger partial charge in [-0.3, -0.25) is 4.79 Å². The van der Waals surface area contributed by atoms with E-state index in [-0.39, 0.29) is 18.8 Å². The SMILES string of the molecule is O=C(C[C@H]1O[C@H](COCc2ccccc2)[C@H](OCc2ccccc2)[C@H](OCc2ccccc2)[C@H]1OCc1ccccc1)c1ccccc1. The van der Waals surface area contributed by atoms with Gasteiger partial charge < -0.3 is 23.7 Å². The van der Waals surface area contributed by atoms with Crippen LogP contribution in [-0.4, -0.2) is 42.9 Å². The monoisotopic (exact) mass is 642 g/mol. The molecule has 246 valence electrons. The van der Waals surface area contributed by atoms with Crippen LogP contribution in [0, 0.1) is 0 Å². The summed E-state index contributed by atoms with van der Waals surface area (Å²) < 4.78 is 33.3. The number of carbonyl (C=O) groups is 1. The number of ether oxygens (including phenoxy) is 5. The van der Waals surface area contributed by atoms with Gasteiger partial charge in [0.25, 0.3) is 0 Å². The van der Waals surface area contributed by atoms with Crippen LogP contribution >= 0.6 is 0 Å². The fraction of sp³-hybridized carbons (Fsp3) is 0.262. The molecule has 5 aromatic carbocycles. The van der Waals surface area contributed by atoms with Crippen molar-refractivity contribution >= 4 is 5.78 Å². The van der Waals surface area contributed by atoms with E-state index < -0.39 is 30.5 Å². The molecule has 0 bridgehead atoms. The fourth-order valence-electron chi connectivity index (χ4n) is 5.97. The highest BCUT2D eigenvalue weighted by molar-refractivity contribution is 5.96. The Morgan fingerprint density at radius 1 is 0.458 bits per heavy atom. The van der Waals surface area contributed by atoms with Crippen molar-refractivity contribution in [2.45, 2.75) is 63.4 Å². The lowest BCUT2D eigenvalue weighted by atomic mass is 9.90. The summed E-state index contributed by atoms with van der Waals surface area (Å²) in [4.78, 5) is 13.7. The summed E-state index contributed by atoms with van der Waals surface area (Å²) in [5.41, 5.74) is 4.77. The summed E-state index contributed by atoms with van der Waals surface area (Å²) in [5, 5.41) is 0. The van der Waals surface area contributed by atoms with Crippen LogP contribution in [0.25, 0.3) is 0 Å². The minimum absolute atomic E-state index is 0.0247. The van der Waals surface area contributed by atoms with E-state index in [1.807, 2.05) is 152 Å². The average molecular weight is 643 g/mol. The Balaban J connectivity index is 1.32. The number of Topliss-reactive ketones (excluding diaryl/α,β-unsaturated/α-hetero) is 1. The van der Waals surface area contributed by atoms with E-state index in [0.717, 1.165) is 22.3 Å². The van der Waals surface area contributed by atoms with Crippen molar-refractivity contribution < 1.29 is 28.5 Å². The summed E-state index contributed by atoms with van der Waals surface area (Å²) in [5.74, 6) is -0.0247. The largest absolute Gasteiger partial charge is 0.374 e. The van der Waals surface area contributed by atoms with Crippen molar-refractivity contribution in [3.63, 3.8) is 0 Å². The molecule has 1 saturated heterocycles. The number of rotatable bonds is 16. The van der Waals surface area contributed by atoms with Gasteiger partial charge in [-0.25, -0.2) is 0 Å². The smallest absolute Gasteiger partial charge is 0.165 e.